The topological polar surface area (TPSA) is 123 Å². The number of rotatable bonds is 6. The molecule has 10 heteroatoms. The molecule has 0 aliphatic carbocycles. The fourth-order valence-electron chi connectivity index (χ4n) is 4.29. The summed E-state index contributed by atoms with van der Waals surface area (Å²) in [5.74, 6) is -1.30. The highest BCUT2D eigenvalue weighted by molar-refractivity contribution is 7.89. The predicted molar refractivity (Wildman–Crippen MR) is 116 cm³/mol. The minimum absolute atomic E-state index is 0.00840. The molecule has 170 valence electrons. The van der Waals surface area contributed by atoms with Gasteiger partial charge in [-0.05, 0) is 39.7 Å². The second-order valence-corrected chi connectivity index (χ2v) is 9.93. The van der Waals surface area contributed by atoms with Crippen LogP contribution < -0.4 is 0 Å². The van der Waals surface area contributed by atoms with Crippen molar-refractivity contribution in [1.29, 1.82) is 0 Å². The Morgan fingerprint density at radius 1 is 1.25 bits per heavy atom. The van der Waals surface area contributed by atoms with Gasteiger partial charge >= 0.3 is 5.97 Å². The lowest BCUT2D eigenvalue weighted by atomic mass is 10.00. The molecule has 1 aromatic carbocycles. The maximum Gasteiger partial charge on any atom is 0.310 e. The van der Waals surface area contributed by atoms with Crippen LogP contribution in [0.2, 0.25) is 0 Å². The number of nitrogens with one attached hydrogen (secondary N) is 1. The van der Waals surface area contributed by atoms with Crippen molar-refractivity contribution in [2.24, 2.45) is 5.92 Å². The number of piperidine rings is 1. The summed E-state index contributed by atoms with van der Waals surface area (Å²) in [6.07, 6.45) is 1.00. The molecule has 1 unspecified atom stereocenters. The minimum atomic E-state index is -3.84. The lowest BCUT2D eigenvalue weighted by molar-refractivity contribution is -0.148. The van der Waals surface area contributed by atoms with Gasteiger partial charge in [-0.2, -0.15) is 4.31 Å². The molecular formula is C22H25N3O6S. The number of benzene rings is 1. The van der Waals surface area contributed by atoms with Crippen molar-refractivity contribution in [1.82, 2.24) is 14.4 Å². The number of nitrogens with zero attached hydrogens (tertiary/aromatic N) is 2. The van der Waals surface area contributed by atoms with Crippen LogP contribution in [-0.2, 0) is 19.6 Å². The number of hydrogen-bond donors (Lipinski definition) is 1. The molecule has 1 fully saturated rings. The van der Waals surface area contributed by atoms with E-state index in [0.29, 0.717) is 30.6 Å². The number of ether oxygens (including phenoxy) is 1. The van der Waals surface area contributed by atoms with Gasteiger partial charge in [0.15, 0.2) is 12.4 Å². The first-order valence-corrected chi connectivity index (χ1v) is 11.8. The zero-order valence-electron chi connectivity index (χ0n) is 18.2. The van der Waals surface area contributed by atoms with E-state index >= 15 is 0 Å². The number of fused-ring (bicyclic) bond motifs is 1. The summed E-state index contributed by atoms with van der Waals surface area (Å²) in [7, 11) is -3.84. The standard InChI is InChI=1S/C22H25N3O6S/c1-13-20(17-8-4-5-9-18(17)23-13)19(26)12-30-22(27)16-7-6-10-25(11-16)32(28,29)21-14(2)24-31-15(21)3/h4-5,8-9,16,23H,6-7,10-12H2,1-3H3. The van der Waals surface area contributed by atoms with Crippen LogP contribution in [0.5, 0.6) is 0 Å². The fraction of sp³-hybridized carbons (Fsp3) is 0.409. The number of sulfonamides is 1. The van der Waals surface area contributed by atoms with Gasteiger partial charge in [0.1, 0.15) is 10.6 Å². The van der Waals surface area contributed by atoms with Gasteiger partial charge in [0.25, 0.3) is 0 Å². The lowest BCUT2D eigenvalue weighted by Gasteiger charge is -2.30. The van der Waals surface area contributed by atoms with Gasteiger partial charge in [0.2, 0.25) is 15.8 Å². The van der Waals surface area contributed by atoms with E-state index in [9.17, 15) is 18.0 Å². The van der Waals surface area contributed by atoms with E-state index in [4.69, 9.17) is 9.26 Å². The third-order valence-electron chi connectivity index (χ3n) is 5.80. The summed E-state index contributed by atoms with van der Waals surface area (Å²) >= 11 is 0. The highest BCUT2D eigenvalue weighted by atomic mass is 32.2. The third-order valence-corrected chi connectivity index (χ3v) is 7.91. The van der Waals surface area contributed by atoms with Crippen LogP contribution >= 0.6 is 0 Å². The Balaban J connectivity index is 1.44. The van der Waals surface area contributed by atoms with E-state index in [0.717, 1.165) is 10.9 Å². The molecular weight excluding hydrogens is 434 g/mol. The molecule has 0 amide bonds. The Kier molecular flexibility index (Phi) is 5.91. The summed E-state index contributed by atoms with van der Waals surface area (Å²) in [5, 5.41) is 4.50. The molecule has 2 aromatic heterocycles. The number of ketones is 1. The van der Waals surface area contributed by atoms with Crippen LogP contribution in [0.4, 0.5) is 0 Å². The van der Waals surface area contributed by atoms with Crippen molar-refractivity contribution in [3.63, 3.8) is 0 Å². The van der Waals surface area contributed by atoms with E-state index in [-0.39, 0.29) is 28.7 Å². The van der Waals surface area contributed by atoms with Gasteiger partial charge in [0, 0.05) is 35.2 Å². The Morgan fingerprint density at radius 3 is 2.72 bits per heavy atom. The molecule has 0 radical (unpaired) electrons. The monoisotopic (exact) mass is 459 g/mol. The number of H-pyrrole nitrogens is 1. The van der Waals surface area contributed by atoms with Crippen LogP contribution in [0.15, 0.2) is 33.7 Å². The number of carbonyl (C=O) groups is 2. The molecule has 1 N–H and O–H groups in total. The van der Waals surface area contributed by atoms with Crippen molar-refractivity contribution in [3.05, 3.63) is 47.0 Å². The molecule has 32 heavy (non-hydrogen) atoms. The number of hydrogen-bond acceptors (Lipinski definition) is 7. The Labute approximate surface area is 185 Å². The van der Waals surface area contributed by atoms with Crippen molar-refractivity contribution in [2.45, 2.75) is 38.5 Å². The minimum Gasteiger partial charge on any atom is -0.457 e. The van der Waals surface area contributed by atoms with Crippen molar-refractivity contribution >= 4 is 32.7 Å². The molecule has 0 spiro atoms. The summed E-state index contributed by atoms with van der Waals surface area (Å²) in [4.78, 5) is 28.6. The molecule has 1 aliphatic rings. The highest BCUT2D eigenvalue weighted by Gasteiger charge is 2.37. The molecule has 0 saturated carbocycles. The lowest BCUT2D eigenvalue weighted by Crippen LogP contribution is -2.43. The highest BCUT2D eigenvalue weighted by Crippen LogP contribution is 2.28. The summed E-state index contributed by atoms with van der Waals surface area (Å²) < 4.78 is 37.7. The molecule has 1 saturated heterocycles. The number of esters is 1. The number of aromatic amines is 1. The van der Waals surface area contributed by atoms with Crippen LogP contribution in [0.3, 0.4) is 0 Å². The quantitative estimate of drug-likeness (QED) is 0.444. The van der Waals surface area contributed by atoms with Crippen molar-refractivity contribution < 1.29 is 27.3 Å². The van der Waals surface area contributed by atoms with E-state index in [1.807, 2.05) is 24.3 Å². The first kappa shape index (κ1) is 22.2. The number of aromatic nitrogens is 2. The summed E-state index contributed by atoms with van der Waals surface area (Å²) in [5.41, 5.74) is 2.33. The Morgan fingerprint density at radius 2 is 2.00 bits per heavy atom. The average molecular weight is 460 g/mol. The molecule has 0 bridgehead atoms. The average Bonchev–Trinajstić information content (AvgIpc) is 3.29. The number of para-hydroxylation sites is 1. The smallest absolute Gasteiger partial charge is 0.310 e. The van der Waals surface area contributed by atoms with Crippen LogP contribution in [0.25, 0.3) is 10.9 Å². The molecule has 4 rings (SSSR count). The molecule has 1 aliphatic heterocycles. The number of Topliss-reactive ketones (excluding diaryl/α,β-unsaturated/α-hetero) is 1. The van der Waals surface area contributed by atoms with Gasteiger partial charge < -0.3 is 14.2 Å². The van der Waals surface area contributed by atoms with E-state index < -0.39 is 28.5 Å². The van der Waals surface area contributed by atoms with Crippen LogP contribution in [-0.4, -0.2) is 54.3 Å². The SMILES string of the molecule is Cc1noc(C)c1S(=O)(=O)N1CCCC(C(=O)OCC(=O)c2c(C)[nH]c3ccccc23)C1. The van der Waals surface area contributed by atoms with Gasteiger partial charge in [-0.15, -0.1) is 0 Å². The second kappa shape index (κ2) is 8.51. The Bertz CT molecular complexity index is 1270. The van der Waals surface area contributed by atoms with E-state index in [2.05, 4.69) is 10.1 Å². The third kappa shape index (κ3) is 3.95. The largest absolute Gasteiger partial charge is 0.457 e. The van der Waals surface area contributed by atoms with Gasteiger partial charge in [-0.25, -0.2) is 8.42 Å². The zero-order chi connectivity index (χ0) is 23.0. The Hall–Kier alpha value is -2.98. The summed E-state index contributed by atoms with van der Waals surface area (Å²) in [6, 6.07) is 7.43. The molecule has 3 aromatic rings. The maximum absolute atomic E-state index is 13.1. The first-order chi connectivity index (χ1) is 15.2. The molecule has 1 atom stereocenters. The van der Waals surface area contributed by atoms with E-state index in [1.54, 1.807) is 20.8 Å². The second-order valence-electron chi connectivity index (χ2n) is 8.06. The van der Waals surface area contributed by atoms with Gasteiger partial charge in [-0.1, -0.05) is 23.4 Å². The zero-order valence-corrected chi connectivity index (χ0v) is 19.0. The fourth-order valence-corrected chi connectivity index (χ4v) is 6.10. The van der Waals surface area contributed by atoms with E-state index in [1.165, 1.54) is 4.31 Å². The number of aryl methyl sites for hydroxylation is 3. The predicted octanol–water partition coefficient (Wildman–Crippen LogP) is 2.91. The number of carbonyl (C=O) groups excluding carboxylic acids is 2. The molecule has 3 heterocycles. The van der Waals surface area contributed by atoms with Gasteiger partial charge in [-0.3, -0.25) is 9.59 Å². The normalized spacial score (nSPS) is 17.5. The van der Waals surface area contributed by atoms with Gasteiger partial charge in [0.05, 0.1) is 5.92 Å². The summed E-state index contributed by atoms with van der Waals surface area (Å²) in [6.45, 7) is 4.80. The maximum atomic E-state index is 13.1. The first-order valence-electron chi connectivity index (χ1n) is 10.4. The van der Waals surface area contributed by atoms with Crippen LogP contribution in [0, 0.1) is 26.7 Å². The van der Waals surface area contributed by atoms with Crippen molar-refractivity contribution in [2.75, 3.05) is 19.7 Å². The van der Waals surface area contributed by atoms with Crippen molar-refractivity contribution in [3.8, 4) is 0 Å². The molecule has 9 nitrogen and oxygen atoms in total. The van der Waals surface area contributed by atoms with Crippen LogP contribution in [0.1, 0.15) is 40.3 Å².